The third-order valence-electron chi connectivity index (χ3n) is 2.66. The van der Waals surface area contributed by atoms with Crippen LogP contribution in [0.3, 0.4) is 0 Å². The van der Waals surface area contributed by atoms with Crippen LogP contribution in [0.25, 0.3) is 0 Å². The average Bonchev–Trinajstić information content (AvgIpc) is 2.51. The lowest BCUT2D eigenvalue weighted by Crippen LogP contribution is -2.20. The Morgan fingerprint density at radius 3 is 2.55 bits per heavy atom. The van der Waals surface area contributed by atoms with Gasteiger partial charge in [0.2, 0.25) is 0 Å². The maximum Gasteiger partial charge on any atom is 0.262 e. The molecule has 0 aliphatic carbocycles. The Kier molecular flexibility index (Phi) is 5.63. The first-order valence-electron chi connectivity index (χ1n) is 6.23. The topological polar surface area (TPSA) is 70.9 Å². The van der Waals surface area contributed by atoms with Crippen molar-refractivity contribution >= 4 is 41.0 Å². The zero-order valence-corrected chi connectivity index (χ0v) is 12.8. The first kappa shape index (κ1) is 16.1. The fourth-order valence-electron chi connectivity index (χ4n) is 1.64. The average molecular weight is 339 g/mol. The molecule has 22 heavy (non-hydrogen) atoms. The zero-order chi connectivity index (χ0) is 15.9. The predicted octanol–water partition coefficient (Wildman–Crippen LogP) is 3.82. The molecule has 0 unspecified atom stereocenters. The van der Waals surface area contributed by atoms with Crippen LogP contribution in [0, 0.1) is 0 Å². The minimum Gasteiger partial charge on any atom is -0.484 e. The second-order valence-corrected chi connectivity index (χ2v) is 5.09. The summed E-state index contributed by atoms with van der Waals surface area (Å²) in [6.07, 6.45) is 1.29. The Morgan fingerprint density at radius 2 is 1.91 bits per heavy atom. The molecule has 2 aromatic carbocycles. The molecule has 2 rings (SSSR count). The van der Waals surface area contributed by atoms with Gasteiger partial charge in [0.25, 0.3) is 5.91 Å². The number of rotatable bonds is 5. The predicted molar refractivity (Wildman–Crippen MR) is 86.4 cm³/mol. The van der Waals surface area contributed by atoms with Crippen molar-refractivity contribution in [1.29, 1.82) is 0 Å². The van der Waals surface area contributed by atoms with Crippen molar-refractivity contribution in [2.24, 2.45) is 5.16 Å². The number of hydrogen-bond acceptors (Lipinski definition) is 4. The molecular weight excluding hydrogens is 327 g/mol. The number of benzene rings is 2. The number of halogens is 2. The highest BCUT2D eigenvalue weighted by molar-refractivity contribution is 6.42. The van der Waals surface area contributed by atoms with Gasteiger partial charge in [0.15, 0.2) is 6.61 Å². The van der Waals surface area contributed by atoms with Gasteiger partial charge in [-0.1, -0.05) is 28.4 Å². The quantitative estimate of drug-likeness (QED) is 0.494. The highest BCUT2D eigenvalue weighted by Crippen LogP contribution is 2.24. The van der Waals surface area contributed by atoms with E-state index in [0.717, 1.165) is 5.56 Å². The SMILES string of the molecule is O=C(COc1ccc(/C=N/O)cc1)Nc1ccc(Cl)c(Cl)c1. The molecule has 2 N–H and O–H groups in total. The smallest absolute Gasteiger partial charge is 0.262 e. The number of carbonyl (C=O) groups excluding carboxylic acids is 1. The van der Waals surface area contributed by atoms with E-state index in [0.29, 0.717) is 21.5 Å². The van der Waals surface area contributed by atoms with E-state index in [-0.39, 0.29) is 12.5 Å². The van der Waals surface area contributed by atoms with Gasteiger partial charge in [-0.25, -0.2) is 0 Å². The number of ether oxygens (including phenoxy) is 1. The summed E-state index contributed by atoms with van der Waals surface area (Å²) in [5.74, 6) is 0.207. The van der Waals surface area contributed by atoms with Crippen LogP contribution in [-0.4, -0.2) is 23.9 Å². The first-order chi connectivity index (χ1) is 10.6. The van der Waals surface area contributed by atoms with Crippen molar-refractivity contribution in [3.8, 4) is 5.75 Å². The van der Waals surface area contributed by atoms with Gasteiger partial charge in [-0.2, -0.15) is 0 Å². The molecule has 0 aliphatic rings. The molecule has 7 heteroatoms. The standard InChI is InChI=1S/C15H12Cl2N2O3/c16-13-6-3-11(7-14(13)17)19-15(20)9-22-12-4-1-10(2-5-12)8-18-21/h1-8,21H,9H2,(H,19,20)/b18-8+. The number of amides is 1. The van der Waals surface area contributed by atoms with E-state index < -0.39 is 0 Å². The largest absolute Gasteiger partial charge is 0.484 e. The van der Waals surface area contributed by atoms with Gasteiger partial charge >= 0.3 is 0 Å². The zero-order valence-electron chi connectivity index (χ0n) is 11.3. The van der Waals surface area contributed by atoms with Crippen LogP contribution in [-0.2, 0) is 4.79 Å². The van der Waals surface area contributed by atoms with E-state index in [1.54, 1.807) is 42.5 Å². The second-order valence-electron chi connectivity index (χ2n) is 4.28. The van der Waals surface area contributed by atoms with Gasteiger partial charge in [0.05, 0.1) is 16.3 Å². The van der Waals surface area contributed by atoms with E-state index in [1.807, 2.05) is 0 Å². The van der Waals surface area contributed by atoms with E-state index in [2.05, 4.69) is 10.5 Å². The number of nitrogens with one attached hydrogen (secondary N) is 1. The Bertz CT molecular complexity index is 688. The van der Waals surface area contributed by atoms with Gasteiger partial charge in [-0.15, -0.1) is 0 Å². The summed E-state index contributed by atoms with van der Waals surface area (Å²) in [6.45, 7) is -0.145. The molecule has 0 saturated heterocycles. The molecule has 0 heterocycles. The van der Waals surface area contributed by atoms with Crippen LogP contribution < -0.4 is 10.1 Å². The molecule has 0 saturated carbocycles. The third-order valence-corrected chi connectivity index (χ3v) is 3.40. The Balaban J connectivity index is 1.88. The number of nitrogens with zero attached hydrogens (tertiary/aromatic N) is 1. The molecule has 2 aromatic rings. The summed E-state index contributed by atoms with van der Waals surface area (Å²) in [5.41, 5.74) is 1.26. The van der Waals surface area contributed by atoms with Crippen LogP contribution >= 0.6 is 23.2 Å². The van der Waals surface area contributed by atoms with E-state index >= 15 is 0 Å². The van der Waals surface area contributed by atoms with Crippen molar-refractivity contribution in [2.75, 3.05) is 11.9 Å². The summed E-state index contributed by atoms with van der Waals surface area (Å²) in [4.78, 5) is 11.8. The van der Waals surface area contributed by atoms with E-state index in [9.17, 15) is 4.79 Å². The molecule has 0 fully saturated rings. The van der Waals surface area contributed by atoms with Crippen LogP contribution in [0.2, 0.25) is 10.0 Å². The molecule has 0 atom stereocenters. The molecule has 1 amide bonds. The third kappa shape index (κ3) is 4.65. The van der Waals surface area contributed by atoms with Gasteiger partial charge in [0.1, 0.15) is 5.75 Å². The van der Waals surface area contributed by atoms with Crippen molar-refractivity contribution in [1.82, 2.24) is 0 Å². The molecule has 0 bridgehead atoms. The van der Waals surface area contributed by atoms with Gasteiger partial charge < -0.3 is 15.3 Å². The summed E-state index contributed by atoms with van der Waals surface area (Å²) in [7, 11) is 0. The maximum absolute atomic E-state index is 11.8. The van der Waals surface area contributed by atoms with Crippen LogP contribution in [0.1, 0.15) is 5.56 Å². The van der Waals surface area contributed by atoms with Crippen molar-refractivity contribution < 1.29 is 14.7 Å². The highest BCUT2D eigenvalue weighted by Gasteiger charge is 2.05. The van der Waals surface area contributed by atoms with Gasteiger partial charge in [0, 0.05) is 5.69 Å². The van der Waals surface area contributed by atoms with Gasteiger partial charge in [-0.3, -0.25) is 4.79 Å². The molecular formula is C15H12Cl2N2O3. The maximum atomic E-state index is 11.8. The van der Waals surface area contributed by atoms with Gasteiger partial charge in [-0.05, 0) is 48.0 Å². The van der Waals surface area contributed by atoms with Crippen molar-refractivity contribution in [3.63, 3.8) is 0 Å². The number of carbonyl (C=O) groups is 1. The summed E-state index contributed by atoms with van der Waals surface area (Å²) >= 11 is 11.7. The minimum atomic E-state index is -0.320. The lowest BCUT2D eigenvalue weighted by atomic mass is 10.2. The second kappa shape index (κ2) is 7.68. The van der Waals surface area contributed by atoms with Crippen LogP contribution in [0.5, 0.6) is 5.75 Å². The molecule has 0 spiro atoms. The van der Waals surface area contributed by atoms with Crippen molar-refractivity contribution in [3.05, 3.63) is 58.1 Å². The fourth-order valence-corrected chi connectivity index (χ4v) is 1.93. The highest BCUT2D eigenvalue weighted by atomic mass is 35.5. The minimum absolute atomic E-state index is 0.145. The van der Waals surface area contributed by atoms with E-state index in [1.165, 1.54) is 6.21 Å². The Labute approximate surface area is 137 Å². The normalized spacial score (nSPS) is 10.6. The Morgan fingerprint density at radius 1 is 1.18 bits per heavy atom. The fraction of sp³-hybridized carbons (Fsp3) is 0.0667. The monoisotopic (exact) mass is 338 g/mol. The van der Waals surface area contributed by atoms with Crippen LogP contribution in [0.4, 0.5) is 5.69 Å². The van der Waals surface area contributed by atoms with Crippen molar-refractivity contribution in [2.45, 2.75) is 0 Å². The number of anilines is 1. The van der Waals surface area contributed by atoms with Crippen LogP contribution in [0.15, 0.2) is 47.6 Å². The molecule has 0 radical (unpaired) electrons. The summed E-state index contributed by atoms with van der Waals surface area (Å²) in [6, 6.07) is 11.5. The van der Waals surface area contributed by atoms with E-state index in [4.69, 9.17) is 33.1 Å². The molecule has 5 nitrogen and oxygen atoms in total. The first-order valence-corrected chi connectivity index (χ1v) is 6.99. The summed E-state index contributed by atoms with van der Waals surface area (Å²) < 4.78 is 5.35. The molecule has 114 valence electrons. The molecule has 0 aromatic heterocycles. The lowest BCUT2D eigenvalue weighted by Gasteiger charge is -2.08. The lowest BCUT2D eigenvalue weighted by molar-refractivity contribution is -0.118. The Hall–Kier alpha value is -2.24. The summed E-state index contributed by atoms with van der Waals surface area (Å²) in [5, 5.41) is 14.8. The number of hydrogen-bond donors (Lipinski definition) is 2. The number of oxime groups is 1. The molecule has 0 aliphatic heterocycles.